The van der Waals surface area contributed by atoms with Gasteiger partial charge in [0.05, 0.1) is 11.9 Å². The van der Waals surface area contributed by atoms with Crippen LogP contribution in [0.25, 0.3) is 0 Å². The topological polar surface area (TPSA) is 29.0 Å². The summed E-state index contributed by atoms with van der Waals surface area (Å²) < 4.78 is 25.5. The second-order valence-corrected chi connectivity index (χ2v) is 7.59. The highest BCUT2D eigenvalue weighted by atomic mass is 19.3. The molecular formula is C18H27F2N3. The molecule has 3 nitrogen and oxygen atoms in total. The number of fused-ring (bicyclic) bond motifs is 1. The summed E-state index contributed by atoms with van der Waals surface area (Å²) in [5.74, 6) is 0.725. The van der Waals surface area contributed by atoms with E-state index in [0.29, 0.717) is 17.3 Å². The smallest absolute Gasteiger partial charge is 0.281 e. The third kappa shape index (κ3) is 3.54. The van der Waals surface area contributed by atoms with E-state index in [1.807, 2.05) is 0 Å². The maximum atomic E-state index is 12.7. The SMILES string of the molecule is CC(C)CC12CCCN1C(CCc1cncc(C(F)F)n1)CC2. The Hall–Kier alpha value is -1.10. The molecule has 2 aliphatic rings. The molecule has 1 aromatic heterocycles. The number of hydrogen-bond acceptors (Lipinski definition) is 3. The molecule has 2 atom stereocenters. The largest absolute Gasteiger partial charge is 0.295 e. The Morgan fingerprint density at radius 1 is 1.30 bits per heavy atom. The molecule has 3 heterocycles. The molecule has 0 N–H and O–H groups in total. The van der Waals surface area contributed by atoms with E-state index in [-0.39, 0.29) is 5.69 Å². The lowest BCUT2D eigenvalue weighted by Gasteiger charge is -2.36. The molecule has 2 aliphatic heterocycles. The first kappa shape index (κ1) is 16.7. The number of aryl methyl sites for hydroxylation is 1. The average Bonchev–Trinajstić information content (AvgIpc) is 3.03. The first-order valence-corrected chi connectivity index (χ1v) is 8.86. The Morgan fingerprint density at radius 2 is 2.13 bits per heavy atom. The Bertz CT molecular complexity index is 535. The zero-order valence-electron chi connectivity index (χ0n) is 14.1. The molecule has 2 fully saturated rings. The number of nitrogens with zero attached hydrogens (tertiary/aromatic N) is 3. The zero-order chi connectivity index (χ0) is 16.4. The molecular weight excluding hydrogens is 296 g/mol. The second kappa shape index (κ2) is 6.80. The highest BCUT2D eigenvalue weighted by Gasteiger charge is 2.48. The van der Waals surface area contributed by atoms with Crippen molar-refractivity contribution in [2.75, 3.05) is 6.54 Å². The van der Waals surface area contributed by atoms with Crippen molar-refractivity contribution in [3.8, 4) is 0 Å². The Labute approximate surface area is 137 Å². The van der Waals surface area contributed by atoms with Crippen LogP contribution in [0.4, 0.5) is 8.78 Å². The van der Waals surface area contributed by atoms with Crippen LogP contribution in [0, 0.1) is 5.92 Å². The summed E-state index contributed by atoms with van der Waals surface area (Å²) in [5.41, 5.74) is 0.905. The van der Waals surface area contributed by atoms with E-state index >= 15 is 0 Å². The first-order chi connectivity index (χ1) is 11.0. The molecule has 0 radical (unpaired) electrons. The molecule has 5 heteroatoms. The summed E-state index contributed by atoms with van der Waals surface area (Å²) in [4.78, 5) is 10.7. The summed E-state index contributed by atoms with van der Waals surface area (Å²) >= 11 is 0. The van der Waals surface area contributed by atoms with Crippen molar-refractivity contribution in [2.45, 2.75) is 76.8 Å². The van der Waals surface area contributed by atoms with Gasteiger partial charge in [-0.2, -0.15) is 0 Å². The highest BCUT2D eigenvalue weighted by Crippen LogP contribution is 2.47. The van der Waals surface area contributed by atoms with Gasteiger partial charge in [0, 0.05) is 17.8 Å². The van der Waals surface area contributed by atoms with E-state index in [1.54, 1.807) is 6.20 Å². The van der Waals surface area contributed by atoms with Crippen molar-refractivity contribution in [1.29, 1.82) is 0 Å². The molecule has 0 saturated carbocycles. The maximum Gasteiger partial charge on any atom is 0.281 e. The molecule has 3 rings (SSSR count). The van der Waals surface area contributed by atoms with Gasteiger partial charge in [-0.25, -0.2) is 13.8 Å². The monoisotopic (exact) mass is 323 g/mol. The van der Waals surface area contributed by atoms with E-state index in [4.69, 9.17) is 0 Å². The van der Waals surface area contributed by atoms with Gasteiger partial charge in [0.15, 0.2) is 0 Å². The number of halogens is 2. The fraction of sp³-hybridized carbons (Fsp3) is 0.778. The summed E-state index contributed by atoms with van der Waals surface area (Å²) in [5, 5.41) is 0. The molecule has 0 aliphatic carbocycles. The first-order valence-electron chi connectivity index (χ1n) is 8.86. The van der Waals surface area contributed by atoms with Crippen molar-refractivity contribution in [2.24, 2.45) is 5.92 Å². The number of rotatable bonds is 6. The fourth-order valence-corrected chi connectivity index (χ4v) is 4.73. The standard InChI is InChI=1S/C18H27F2N3/c1-13(2)10-18-7-3-9-23(18)15(6-8-18)5-4-14-11-21-12-16(22-14)17(19)20/h11-13,15,17H,3-10H2,1-2H3. The van der Waals surface area contributed by atoms with Crippen LogP contribution in [0.15, 0.2) is 12.4 Å². The van der Waals surface area contributed by atoms with E-state index in [9.17, 15) is 8.78 Å². The van der Waals surface area contributed by atoms with Crippen LogP contribution in [0.3, 0.4) is 0 Å². The normalized spacial score (nSPS) is 28.0. The highest BCUT2D eigenvalue weighted by molar-refractivity contribution is 5.08. The van der Waals surface area contributed by atoms with Crippen LogP contribution < -0.4 is 0 Å². The molecule has 0 aromatic carbocycles. The van der Waals surface area contributed by atoms with Gasteiger partial charge in [0.25, 0.3) is 6.43 Å². The maximum absolute atomic E-state index is 12.7. The summed E-state index contributed by atoms with van der Waals surface area (Å²) in [6.45, 7) is 5.81. The van der Waals surface area contributed by atoms with Gasteiger partial charge in [-0.05, 0) is 57.4 Å². The summed E-state index contributed by atoms with van der Waals surface area (Å²) in [6.07, 6.45) is 8.42. The van der Waals surface area contributed by atoms with Gasteiger partial charge in [0.1, 0.15) is 5.69 Å². The summed E-state index contributed by atoms with van der Waals surface area (Å²) in [7, 11) is 0. The molecule has 1 aromatic rings. The predicted molar refractivity (Wildman–Crippen MR) is 86.5 cm³/mol. The molecule has 128 valence electrons. The van der Waals surface area contributed by atoms with Crippen molar-refractivity contribution >= 4 is 0 Å². The molecule has 2 unspecified atom stereocenters. The van der Waals surface area contributed by atoms with E-state index in [1.165, 1.54) is 38.6 Å². The minimum absolute atomic E-state index is 0.204. The minimum Gasteiger partial charge on any atom is -0.295 e. The molecule has 2 saturated heterocycles. The van der Waals surface area contributed by atoms with Crippen LogP contribution in [0.5, 0.6) is 0 Å². The van der Waals surface area contributed by atoms with Gasteiger partial charge in [-0.15, -0.1) is 0 Å². The van der Waals surface area contributed by atoms with Crippen LogP contribution in [0.2, 0.25) is 0 Å². The van der Waals surface area contributed by atoms with E-state index in [0.717, 1.165) is 25.0 Å². The second-order valence-electron chi connectivity index (χ2n) is 7.59. The van der Waals surface area contributed by atoms with Gasteiger partial charge in [0.2, 0.25) is 0 Å². The lowest BCUT2D eigenvalue weighted by atomic mass is 9.85. The zero-order valence-corrected chi connectivity index (χ0v) is 14.1. The van der Waals surface area contributed by atoms with Crippen LogP contribution in [-0.4, -0.2) is 33.0 Å². The quantitative estimate of drug-likeness (QED) is 0.777. The Balaban J connectivity index is 1.62. The van der Waals surface area contributed by atoms with Crippen LogP contribution in [-0.2, 0) is 6.42 Å². The number of hydrogen-bond donors (Lipinski definition) is 0. The van der Waals surface area contributed by atoms with Gasteiger partial charge >= 0.3 is 0 Å². The molecule has 0 spiro atoms. The van der Waals surface area contributed by atoms with Gasteiger partial charge in [-0.3, -0.25) is 9.88 Å². The van der Waals surface area contributed by atoms with Crippen molar-refractivity contribution in [3.05, 3.63) is 23.8 Å². The van der Waals surface area contributed by atoms with E-state index < -0.39 is 6.43 Å². The molecule has 23 heavy (non-hydrogen) atoms. The van der Waals surface area contributed by atoms with E-state index in [2.05, 4.69) is 28.7 Å². The van der Waals surface area contributed by atoms with Crippen LogP contribution in [0.1, 0.15) is 70.2 Å². The molecule has 0 bridgehead atoms. The number of alkyl halides is 2. The third-order valence-corrected chi connectivity index (χ3v) is 5.48. The Morgan fingerprint density at radius 3 is 2.87 bits per heavy atom. The van der Waals surface area contributed by atoms with Crippen molar-refractivity contribution < 1.29 is 8.78 Å². The van der Waals surface area contributed by atoms with Gasteiger partial charge < -0.3 is 0 Å². The number of aromatic nitrogens is 2. The lowest BCUT2D eigenvalue weighted by molar-refractivity contribution is 0.122. The van der Waals surface area contributed by atoms with Crippen molar-refractivity contribution in [1.82, 2.24) is 14.9 Å². The van der Waals surface area contributed by atoms with Crippen LogP contribution >= 0.6 is 0 Å². The molecule has 0 amide bonds. The fourth-order valence-electron chi connectivity index (χ4n) is 4.73. The Kier molecular flexibility index (Phi) is 4.95. The predicted octanol–water partition coefficient (Wildman–Crippen LogP) is 4.39. The minimum atomic E-state index is -2.54. The average molecular weight is 323 g/mol. The van der Waals surface area contributed by atoms with Gasteiger partial charge in [-0.1, -0.05) is 13.8 Å². The summed E-state index contributed by atoms with van der Waals surface area (Å²) in [6, 6.07) is 0.577. The third-order valence-electron chi connectivity index (χ3n) is 5.48. The lowest BCUT2D eigenvalue weighted by Crippen LogP contribution is -2.43. The van der Waals surface area contributed by atoms with Crippen molar-refractivity contribution in [3.63, 3.8) is 0 Å².